The Labute approximate surface area is 153 Å². The number of nitrogens with zero attached hydrogens (tertiary/aromatic N) is 1. The summed E-state index contributed by atoms with van der Waals surface area (Å²) in [7, 11) is -3.70. The van der Waals surface area contributed by atoms with Crippen molar-refractivity contribution in [2.45, 2.75) is 15.8 Å². The van der Waals surface area contributed by atoms with Crippen LogP contribution in [0.2, 0.25) is 0 Å². The molecule has 0 saturated heterocycles. The van der Waals surface area contributed by atoms with Crippen LogP contribution in [0.15, 0.2) is 58.3 Å². The summed E-state index contributed by atoms with van der Waals surface area (Å²) in [5, 5.41) is 0. The highest BCUT2D eigenvalue weighted by Gasteiger charge is 2.20. The number of halogens is 1. The maximum Gasteiger partial charge on any atom is 0.240 e. The molecule has 0 radical (unpaired) electrons. The van der Waals surface area contributed by atoms with E-state index in [2.05, 4.69) is 4.72 Å². The summed E-state index contributed by atoms with van der Waals surface area (Å²) in [5.74, 6) is -0.395. The first kappa shape index (κ1) is 20.5. The van der Waals surface area contributed by atoms with E-state index in [0.29, 0.717) is 5.56 Å². The fraction of sp³-hybridized carbons (Fsp3) is 0.294. The van der Waals surface area contributed by atoms with Crippen LogP contribution in [0.25, 0.3) is 0 Å². The molecule has 0 aliphatic carbocycles. The molecule has 1 atom stereocenters. The number of benzene rings is 2. The average Bonchev–Trinajstić information content (AvgIpc) is 2.54. The molecule has 9 heteroatoms. The summed E-state index contributed by atoms with van der Waals surface area (Å²) < 4.78 is 63.8. The van der Waals surface area contributed by atoms with Crippen molar-refractivity contribution < 1.29 is 21.2 Å². The van der Waals surface area contributed by atoms with Gasteiger partial charge in [-0.3, -0.25) is 0 Å². The summed E-state index contributed by atoms with van der Waals surface area (Å²) >= 11 is 0. The zero-order valence-corrected chi connectivity index (χ0v) is 16.3. The standard InChI is InChI=1S/C17H21FN2O4S2/c1-20(2)17(13-5-4-6-14(18)11-13)12-19-26(23,24)16-9-7-15(8-10-16)25(3,21)22/h4-11,17,19H,12H2,1-3H3/t17-/m0/s1. The van der Waals surface area contributed by atoms with Crippen molar-refractivity contribution in [3.8, 4) is 0 Å². The van der Waals surface area contributed by atoms with E-state index in [1.54, 1.807) is 31.1 Å². The first-order valence-corrected chi connectivity index (χ1v) is 11.1. The number of likely N-dealkylation sites (N-methyl/N-ethyl adjacent to an activating group) is 1. The number of rotatable bonds is 7. The number of hydrogen-bond donors (Lipinski definition) is 1. The Morgan fingerprint density at radius 3 is 2.08 bits per heavy atom. The normalized spacial score (nSPS) is 13.7. The quantitative estimate of drug-likeness (QED) is 0.766. The Hall–Kier alpha value is -1.81. The molecular formula is C17H21FN2O4S2. The summed E-state index contributed by atoms with van der Waals surface area (Å²) in [6.07, 6.45) is 1.05. The van der Waals surface area contributed by atoms with E-state index in [1.807, 2.05) is 0 Å². The zero-order valence-electron chi connectivity index (χ0n) is 14.7. The smallest absolute Gasteiger partial charge is 0.240 e. The molecule has 0 fully saturated rings. The van der Waals surface area contributed by atoms with E-state index in [1.165, 1.54) is 36.4 Å². The fourth-order valence-corrected chi connectivity index (χ4v) is 4.12. The van der Waals surface area contributed by atoms with Crippen molar-refractivity contribution in [3.63, 3.8) is 0 Å². The van der Waals surface area contributed by atoms with Crippen LogP contribution in [-0.4, -0.2) is 48.6 Å². The lowest BCUT2D eigenvalue weighted by Gasteiger charge is -2.25. The van der Waals surface area contributed by atoms with Gasteiger partial charge in [-0.25, -0.2) is 25.9 Å². The lowest BCUT2D eigenvalue weighted by atomic mass is 10.1. The molecule has 0 bridgehead atoms. The molecule has 2 aromatic rings. The van der Waals surface area contributed by atoms with Crippen molar-refractivity contribution >= 4 is 19.9 Å². The molecule has 0 amide bonds. The maximum absolute atomic E-state index is 13.5. The molecule has 0 saturated carbocycles. The molecule has 0 aromatic heterocycles. The van der Waals surface area contributed by atoms with Gasteiger partial charge >= 0.3 is 0 Å². The highest BCUT2D eigenvalue weighted by molar-refractivity contribution is 7.90. The lowest BCUT2D eigenvalue weighted by molar-refractivity contribution is 0.299. The molecule has 0 aliphatic rings. The van der Waals surface area contributed by atoms with Crippen LogP contribution in [0.4, 0.5) is 4.39 Å². The van der Waals surface area contributed by atoms with E-state index in [0.717, 1.165) is 6.26 Å². The number of nitrogens with one attached hydrogen (secondary N) is 1. The highest BCUT2D eigenvalue weighted by atomic mass is 32.2. The Balaban J connectivity index is 2.20. The fourth-order valence-electron chi connectivity index (χ4n) is 2.45. The van der Waals surface area contributed by atoms with E-state index >= 15 is 0 Å². The summed E-state index contributed by atoms with van der Waals surface area (Å²) in [6, 6.07) is 10.6. The molecule has 26 heavy (non-hydrogen) atoms. The van der Waals surface area contributed by atoms with Gasteiger partial charge in [-0.05, 0) is 56.1 Å². The third-order valence-corrected chi connectivity index (χ3v) is 6.45. The van der Waals surface area contributed by atoms with Crippen LogP contribution < -0.4 is 4.72 Å². The monoisotopic (exact) mass is 400 g/mol. The number of hydrogen-bond acceptors (Lipinski definition) is 5. The third kappa shape index (κ3) is 5.10. The summed E-state index contributed by atoms with van der Waals surface area (Å²) in [6.45, 7) is 0.0343. The van der Waals surface area contributed by atoms with Crippen molar-refractivity contribution in [3.05, 3.63) is 59.9 Å². The van der Waals surface area contributed by atoms with E-state index in [4.69, 9.17) is 0 Å². The van der Waals surface area contributed by atoms with Gasteiger partial charge in [0.25, 0.3) is 0 Å². The zero-order chi connectivity index (χ0) is 19.5. The van der Waals surface area contributed by atoms with Crippen LogP contribution in [0.3, 0.4) is 0 Å². The number of sulfone groups is 1. The van der Waals surface area contributed by atoms with E-state index in [9.17, 15) is 21.2 Å². The third-order valence-electron chi connectivity index (χ3n) is 3.89. The van der Waals surface area contributed by atoms with Crippen LogP contribution in [0.5, 0.6) is 0 Å². The van der Waals surface area contributed by atoms with Gasteiger partial charge in [-0.2, -0.15) is 0 Å². The predicted octanol–water partition coefficient (Wildman–Crippen LogP) is 1.81. The Morgan fingerprint density at radius 1 is 1.00 bits per heavy atom. The molecule has 2 rings (SSSR count). The van der Waals surface area contributed by atoms with Gasteiger partial charge in [-0.1, -0.05) is 12.1 Å². The second-order valence-corrected chi connectivity index (χ2v) is 9.91. The maximum atomic E-state index is 13.5. The molecule has 6 nitrogen and oxygen atoms in total. The minimum Gasteiger partial charge on any atom is -0.301 e. The SMILES string of the molecule is CN(C)[C@@H](CNS(=O)(=O)c1ccc(S(C)(=O)=O)cc1)c1cccc(F)c1. The highest BCUT2D eigenvalue weighted by Crippen LogP contribution is 2.20. The van der Waals surface area contributed by atoms with Gasteiger partial charge < -0.3 is 4.90 Å². The molecule has 142 valence electrons. The Bertz CT molecular complexity index is 972. The van der Waals surface area contributed by atoms with Gasteiger partial charge in [0, 0.05) is 18.8 Å². The molecule has 1 N–H and O–H groups in total. The van der Waals surface area contributed by atoms with Crippen molar-refractivity contribution in [1.82, 2.24) is 9.62 Å². The molecular weight excluding hydrogens is 379 g/mol. The second kappa shape index (κ2) is 7.83. The topological polar surface area (TPSA) is 83.6 Å². The van der Waals surface area contributed by atoms with Gasteiger partial charge in [0.1, 0.15) is 5.82 Å². The molecule has 0 unspecified atom stereocenters. The minimum absolute atomic E-state index is 0.0343. The first-order valence-electron chi connectivity index (χ1n) is 7.72. The largest absolute Gasteiger partial charge is 0.301 e. The summed E-state index contributed by atoms with van der Waals surface area (Å²) in [4.78, 5) is 1.79. The van der Waals surface area contributed by atoms with Gasteiger partial charge in [0.15, 0.2) is 9.84 Å². The van der Waals surface area contributed by atoms with Gasteiger partial charge in [-0.15, -0.1) is 0 Å². The molecule has 0 aliphatic heterocycles. The predicted molar refractivity (Wildman–Crippen MR) is 97.6 cm³/mol. The minimum atomic E-state index is -3.83. The van der Waals surface area contributed by atoms with E-state index in [-0.39, 0.29) is 22.4 Å². The molecule has 2 aromatic carbocycles. The molecule has 0 heterocycles. The molecule has 0 spiro atoms. The first-order chi connectivity index (χ1) is 12.0. The van der Waals surface area contributed by atoms with Crippen molar-refractivity contribution in [1.29, 1.82) is 0 Å². The van der Waals surface area contributed by atoms with Crippen LogP contribution in [-0.2, 0) is 19.9 Å². The lowest BCUT2D eigenvalue weighted by Crippen LogP contribution is -2.34. The Morgan fingerprint density at radius 2 is 1.58 bits per heavy atom. The van der Waals surface area contributed by atoms with Crippen LogP contribution in [0, 0.1) is 5.82 Å². The number of sulfonamides is 1. The van der Waals surface area contributed by atoms with Crippen molar-refractivity contribution in [2.24, 2.45) is 0 Å². The van der Waals surface area contributed by atoms with E-state index < -0.39 is 25.7 Å². The van der Waals surface area contributed by atoms with Gasteiger partial charge in [0.05, 0.1) is 9.79 Å². The van der Waals surface area contributed by atoms with Crippen molar-refractivity contribution in [2.75, 3.05) is 26.9 Å². The average molecular weight is 400 g/mol. The summed E-state index contributed by atoms with van der Waals surface area (Å²) in [5.41, 5.74) is 0.644. The van der Waals surface area contributed by atoms with Crippen LogP contribution >= 0.6 is 0 Å². The van der Waals surface area contributed by atoms with Crippen LogP contribution in [0.1, 0.15) is 11.6 Å². The Kier molecular flexibility index (Phi) is 6.17. The second-order valence-electron chi connectivity index (χ2n) is 6.13. The van der Waals surface area contributed by atoms with Gasteiger partial charge in [0.2, 0.25) is 10.0 Å².